The van der Waals surface area contributed by atoms with Crippen LogP contribution in [-0.4, -0.2) is 50.0 Å². The highest BCUT2D eigenvalue weighted by molar-refractivity contribution is 14.0. The van der Waals surface area contributed by atoms with Gasteiger partial charge in [-0.25, -0.2) is 0 Å². The highest BCUT2D eigenvalue weighted by Gasteiger charge is 2.22. The van der Waals surface area contributed by atoms with Crippen molar-refractivity contribution in [1.29, 1.82) is 0 Å². The fraction of sp³-hybridized carbons (Fsp3) is 0.619. The molecule has 7 heteroatoms. The number of benzene rings is 1. The number of nitrogens with one attached hydrogen (secondary N) is 2. The standard InChI is InChI=1S/C21H35N5O.HI/c1-16-6-7-19(17(2)14-16)15-25-21(23-3)24-10-4-5-11-26-12-8-18(9-13-26)20(22)27;/h6-7,14,18H,4-5,8-13,15H2,1-3H3,(H2,22,27)(H2,23,24,25);1H. The van der Waals surface area contributed by atoms with Gasteiger partial charge in [-0.05, 0) is 70.3 Å². The lowest BCUT2D eigenvalue weighted by atomic mass is 9.96. The normalized spacial score (nSPS) is 15.8. The Morgan fingerprint density at radius 2 is 1.93 bits per heavy atom. The van der Waals surface area contributed by atoms with Gasteiger partial charge in [-0.2, -0.15) is 0 Å². The van der Waals surface area contributed by atoms with Crippen molar-refractivity contribution < 1.29 is 4.79 Å². The van der Waals surface area contributed by atoms with Gasteiger partial charge in [0.15, 0.2) is 5.96 Å². The molecule has 6 nitrogen and oxygen atoms in total. The maximum absolute atomic E-state index is 11.2. The monoisotopic (exact) mass is 501 g/mol. The second kappa shape index (κ2) is 13.0. The number of nitrogens with two attached hydrogens (primary N) is 1. The molecule has 1 aromatic rings. The number of piperidine rings is 1. The van der Waals surface area contributed by atoms with Gasteiger partial charge in [-0.15, -0.1) is 24.0 Å². The zero-order valence-electron chi connectivity index (χ0n) is 17.5. The number of guanidine groups is 1. The minimum Gasteiger partial charge on any atom is -0.369 e. The van der Waals surface area contributed by atoms with Gasteiger partial charge in [-0.1, -0.05) is 23.8 Å². The third-order valence-corrected chi connectivity index (χ3v) is 5.35. The molecular weight excluding hydrogens is 465 g/mol. The summed E-state index contributed by atoms with van der Waals surface area (Å²) >= 11 is 0. The lowest BCUT2D eigenvalue weighted by Gasteiger charge is -2.30. The molecular formula is C21H36IN5O. The molecule has 0 saturated carbocycles. The van der Waals surface area contributed by atoms with E-state index < -0.39 is 0 Å². The quantitative estimate of drug-likeness (QED) is 0.221. The Morgan fingerprint density at radius 3 is 2.54 bits per heavy atom. The number of aryl methyl sites for hydroxylation is 2. The molecule has 2 rings (SSSR count). The molecule has 1 aliphatic heterocycles. The Balaban J connectivity index is 0.00000392. The van der Waals surface area contributed by atoms with Gasteiger partial charge in [0, 0.05) is 26.1 Å². The summed E-state index contributed by atoms with van der Waals surface area (Å²) in [5.41, 5.74) is 9.28. The molecule has 0 spiro atoms. The molecule has 1 saturated heterocycles. The number of hydrogen-bond donors (Lipinski definition) is 3. The molecule has 1 fully saturated rings. The molecule has 0 bridgehead atoms. The zero-order valence-corrected chi connectivity index (χ0v) is 19.8. The van der Waals surface area contributed by atoms with E-state index in [9.17, 15) is 4.79 Å². The zero-order chi connectivity index (χ0) is 19.6. The van der Waals surface area contributed by atoms with Crippen LogP contribution in [0.15, 0.2) is 23.2 Å². The Labute approximate surface area is 186 Å². The molecule has 0 aromatic heterocycles. The van der Waals surface area contributed by atoms with Crippen LogP contribution in [0.25, 0.3) is 0 Å². The van der Waals surface area contributed by atoms with Crippen LogP contribution in [-0.2, 0) is 11.3 Å². The summed E-state index contributed by atoms with van der Waals surface area (Å²) in [5, 5.41) is 6.78. The molecule has 1 amide bonds. The number of carbonyl (C=O) groups is 1. The Bertz CT molecular complexity index is 642. The second-order valence-electron chi connectivity index (χ2n) is 7.51. The van der Waals surface area contributed by atoms with Crippen LogP contribution in [0.3, 0.4) is 0 Å². The van der Waals surface area contributed by atoms with E-state index in [2.05, 4.69) is 52.6 Å². The van der Waals surface area contributed by atoms with Gasteiger partial charge in [0.2, 0.25) is 5.91 Å². The third kappa shape index (κ3) is 8.34. The number of rotatable bonds is 8. The van der Waals surface area contributed by atoms with Crippen molar-refractivity contribution in [3.63, 3.8) is 0 Å². The summed E-state index contributed by atoms with van der Waals surface area (Å²) < 4.78 is 0. The number of hydrogen-bond acceptors (Lipinski definition) is 3. The average Bonchev–Trinajstić information content (AvgIpc) is 2.65. The van der Waals surface area contributed by atoms with Crippen LogP contribution >= 0.6 is 24.0 Å². The van der Waals surface area contributed by atoms with Crippen molar-refractivity contribution in [2.45, 2.75) is 46.1 Å². The molecule has 0 aliphatic carbocycles. The minimum absolute atomic E-state index is 0. The molecule has 1 aromatic carbocycles. The van der Waals surface area contributed by atoms with Gasteiger partial charge in [0.1, 0.15) is 0 Å². The van der Waals surface area contributed by atoms with E-state index in [4.69, 9.17) is 5.73 Å². The summed E-state index contributed by atoms with van der Waals surface area (Å²) in [6.45, 7) is 9.00. The fourth-order valence-electron chi connectivity index (χ4n) is 3.55. The first-order chi connectivity index (χ1) is 13.0. The van der Waals surface area contributed by atoms with Crippen molar-refractivity contribution in [2.75, 3.05) is 33.2 Å². The number of amides is 1. The average molecular weight is 501 g/mol. The first kappa shape index (κ1) is 24.7. The summed E-state index contributed by atoms with van der Waals surface area (Å²) in [6.07, 6.45) is 4.05. The number of carbonyl (C=O) groups excluding carboxylic acids is 1. The van der Waals surface area contributed by atoms with E-state index in [-0.39, 0.29) is 35.8 Å². The van der Waals surface area contributed by atoms with Crippen LogP contribution in [0.4, 0.5) is 0 Å². The smallest absolute Gasteiger partial charge is 0.220 e. The Kier molecular flexibility index (Phi) is 11.4. The predicted molar refractivity (Wildman–Crippen MR) is 127 cm³/mol. The predicted octanol–water partition coefficient (Wildman–Crippen LogP) is 2.56. The van der Waals surface area contributed by atoms with Gasteiger partial charge >= 0.3 is 0 Å². The maximum Gasteiger partial charge on any atom is 0.220 e. The number of halogens is 1. The molecule has 0 unspecified atom stereocenters. The lowest BCUT2D eigenvalue weighted by Crippen LogP contribution is -2.39. The molecule has 0 atom stereocenters. The number of unbranched alkanes of at least 4 members (excludes halogenated alkanes) is 1. The highest BCUT2D eigenvalue weighted by atomic mass is 127. The van der Waals surface area contributed by atoms with Gasteiger partial charge in [0.25, 0.3) is 0 Å². The number of nitrogens with zero attached hydrogens (tertiary/aromatic N) is 2. The van der Waals surface area contributed by atoms with Gasteiger partial charge < -0.3 is 21.3 Å². The van der Waals surface area contributed by atoms with E-state index in [1.165, 1.54) is 16.7 Å². The molecule has 28 heavy (non-hydrogen) atoms. The first-order valence-corrected chi connectivity index (χ1v) is 10.0. The molecule has 4 N–H and O–H groups in total. The van der Waals surface area contributed by atoms with Gasteiger partial charge in [0.05, 0.1) is 0 Å². The molecule has 1 aliphatic rings. The maximum atomic E-state index is 11.2. The SMILES string of the molecule is CN=C(NCCCCN1CCC(C(N)=O)CC1)NCc1ccc(C)cc1C.I. The van der Waals surface area contributed by atoms with Crippen molar-refractivity contribution in [2.24, 2.45) is 16.6 Å². The van der Waals surface area contributed by atoms with Crippen LogP contribution in [0.2, 0.25) is 0 Å². The van der Waals surface area contributed by atoms with Crippen LogP contribution < -0.4 is 16.4 Å². The van der Waals surface area contributed by atoms with E-state index in [1.54, 1.807) is 7.05 Å². The summed E-state index contributed by atoms with van der Waals surface area (Å²) in [7, 11) is 1.81. The van der Waals surface area contributed by atoms with E-state index >= 15 is 0 Å². The van der Waals surface area contributed by atoms with Crippen molar-refractivity contribution in [1.82, 2.24) is 15.5 Å². The fourth-order valence-corrected chi connectivity index (χ4v) is 3.55. The number of likely N-dealkylation sites (tertiary alicyclic amines) is 1. The number of aliphatic imine (C=N–C) groups is 1. The van der Waals surface area contributed by atoms with Crippen molar-refractivity contribution in [3.8, 4) is 0 Å². The van der Waals surface area contributed by atoms with Crippen LogP contribution in [0.1, 0.15) is 42.4 Å². The molecule has 0 radical (unpaired) electrons. The molecule has 158 valence electrons. The minimum atomic E-state index is -0.140. The molecule has 1 heterocycles. The van der Waals surface area contributed by atoms with E-state index in [0.29, 0.717) is 0 Å². The van der Waals surface area contributed by atoms with E-state index in [0.717, 1.165) is 64.4 Å². The largest absolute Gasteiger partial charge is 0.369 e. The second-order valence-corrected chi connectivity index (χ2v) is 7.51. The third-order valence-electron chi connectivity index (χ3n) is 5.35. The topological polar surface area (TPSA) is 82.8 Å². The number of primary amides is 1. The van der Waals surface area contributed by atoms with Crippen molar-refractivity contribution >= 4 is 35.8 Å². The van der Waals surface area contributed by atoms with Gasteiger partial charge in [-0.3, -0.25) is 9.79 Å². The highest BCUT2D eigenvalue weighted by Crippen LogP contribution is 2.16. The summed E-state index contributed by atoms with van der Waals surface area (Å²) in [6, 6.07) is 6.53. The lowest BCUT2D eigenvalue weighted by molar-refractivity contribution is -0.123. The van der Waals surface area contributed by atoms with Crippen LogP contribution in [0, 0.1) is 19.8 Å². The Morgan fingerprint density at radius 1 is 1.21 bits per heavy atom. The summed E-state index contributed by atoms with van der Waals surface area (Å²) in [5.74, 6) is 0.783. The summed E-state index contributed by atoms with van der Waals surface area (Å²) in [4.78, 5) is 17.9. The van der Waals surface area contributed by atoms with Crippen LogP contribution in [0.5, 0.6) is 0 Å². The first-order valence-electron chi connectivity index (χ1n) is 10.0. The van der Waals surface area contributed by atoms with Crippen molar-refractivity contribution in [3.05, 3.63) is 34.9 Å². The Hall–Kier alpha value is -1.35. The van der Waals surface area contributed by atoms with E-state index in [1.807, 2.05) is 0 Å².